The molecule has 2 N–H and O–H groups in total. The number of nitrogens with one attached hydrogen (secondary N) is 2. The summed E-state index contributed by atoms with van der Waals surface area (Å²) in [6.45, 7) is 2.10. The molecular formula is C15H17N5O2S. The third-order valence-electron chi connectivity index (χ3n) is 3.56. The van der Waals surface area contributed by atoms with Gasteiger partial charge in [-0.1, -0.05) is 6.07 Å². The molecule has 0 unspecified atom stereocenters. The molecule has 1 saturated heterocycles. The molecule has 3 heterocycles. The average molecular weight is 331 g/mol. The lowest BCUT2D eigenvalue weighted by molar-refractivity contribution is -0.127. The Kier molecular flexibility index (Phi) is 4.72. The first-order valence-electron chi connectivity index (χ1n) is 7.27. The largest absolute Gasteiger partial charge is 0.336 e. The van der Waals surface area contributed by atoms with Crippen molar-refractivity contribution in [3.05, 3.63) is 40.9 Å². The fourth-order valence-corrected chi connectivity index (χ4v) is 2.91. The molecule has 2 aromatic rings. The molecule has 0 spiro atoms. The van der Waals surface area contributed by atoms with E-state index in [1.165, 1.54) is 0 Å². The maximum absolute atomic E-state index is 12.1. The highest BCUT2D eigenvalue weighted by Gasteiger charge is 2.23. The number of hydrogen-bond acceptors (Lipinski definition) is 4. The van der Waals surface area contributed by atoms with Crippen molar-refractivity contribution in [2.24, 2.45) is 0 Å². The molecular weight excluding hydrogens is 314 g/mol. The van der Waals surface area contributed by atoms with Crippen LogP contribution in [0.15, 0.2) is 36.0 Å². The summed E-state index contributed by atoms with van der Waals surface area (Å²) in [4.78, 5) is 28.7. The van der Waals surface area contributed by atoms with E-state index in [0.29, 0.717) is 31.9 Å². The standard InChI is InChI=1S/C15H17N5O2S/c21-14(4-3-13-2-1-9-23-13)19-5-7-20(8-6-19)15(22)18-12-10-16-17-11-12/h1-4,9-11H,5-8H2,(H,16,17)(H,18,22). The molecule has 1 aliphatic rings. The van der Waals surface area contributed by atoms with Crippen molar-refractivity contribution in [3.63, 3.8) is 0 Å². The van der Waals surface area contributed by atoms with Gasteiger partial charge in [-0.25, -0.2) is 4.79 Å². The van der Waals surface area contributed by atoms with E-state index in [9.17, 15) is 9.59 Å². The van der Waals surface area contributed by atoms with E-state index >= 15 is 0 Å². The molecule has 1 aliphatic heterocycles. The van der Waals surface area contributed by atoms with Crippen LogP contribution in [0.1, 0.15) is 4.88 Å². The monoisotopic (exact) mass is 331 g/mol. The van der Waals surface area contributed by atoms with Crippen molar-refractivity contribution in [3.8, 4) is 0 Å². The third kappa shape index (κ3) is 3.98. The minimum atomic E-state index is -0.173. The number of amides is 3. The predicted octanol–water partition coefficient (Wildman–Crippen LogP) is 1.86. The Balaban J connectivity index is 1.48. The van der Waals surface area contributed by atoms with Gasteiger partial charge in [0.25, 0.3) is 0 Å². The first-order valence-corrected chi connectivity index (χ1v) is 8.15. The van der Waals surface area contributed by atoms with Crippen LogP contribution in [0.2, 0.25) is 0 Å². The molecule has 7 nitrogen and oxygen atoms in total. The molecule has 120 valence electrons. The molecule has 0 saturated carbocycles. The fourth-order valence-electron chi connectivity index (χ4n) is 2.30. The number of carbonyl (C=O) groups excluding carboxylic acids is 2. The number of nitrogens with zero attached hydrogens (tertiary/aromatic N) is 3. The number of aromatic amines is 1. The Morgan fingerprint density at radius 3 is 2.70 bits per heavy atom. The topological polar surface area (TPSA) is 81.3 Å². The summed E-state index contributed by atoms with van der Waals surface area (Å²) in [6.07, 6.45) is 6.58. The van der Waals surface area contributed by atoms with Crippen molar-refractivity contribution in [1.82, 2.24) is 20.0 Å². The molecule has 0 atom stereocenters. The Bertz CT molecular complexity index is 673. The minimum Gasteiger partial charge on any atom is -0.336 e. The van der Waals surface area contributed by atoms with E-state index in [-0.39, 0.29) is 11.9 Å². The zero-order valence-corrected chi connectivity index (χ0v) is 13.3. The van der Waals surface area contributed by atoms with Crippen LogP contribution in [0.5, 0.6) is 0 Å². The summed E-state index contributed by atoms with van der Waals surface area (Å²) in [5, 5.41) is 11.2. The van der Waals surface area contributed by atoms with Gasteiger partial charge in [0.1, 0.15) is 0 Å². The Morgan fingerprint density at radius 1 is 1.26 bits per heavy atom. The van der Waals surface area contributed by atoms with E-state index in [1.54, 1.807) is 39.6 Å². The lowest BCUT2D eigenvalue weighted by Crippen LogP contribution is -2.51. The smallest absolute Gasteiger partial charge is 0.322 e. The molecule has 3 rings (SSSR count). The van der Waals surface area contributed by atoms with Crippen LogP contribution < -0.4 is 5.32 Å². The van der Waals surface area contributed by atoms with Gasteiger partial charge in [0.2, 0.25) is 5.91 Å². The van der Waals surface area contributed by atoms with Crippen LogP contribution >= 0.6 is 11.3 Å². The van der Waals surface area contributed by atoms with E-state index < -0.39 is 0 Å². The second kappa shape index (κ2) is 7.10. The van der Waals surface area contributed by atoms with Gasteiger partial charge in [0.05, 0.1) is 11.9 Å². The van der Waals surface area contributed by atoms with Gasteiger partial charge >= 0.3 is 6.03 Å². The van der Waals surface area contributed by atoms with Crippen molar-refractivity contribution >= 4 is 35.0 Å². The number of H-pyrrole nitrogens is 1. The summed E-state index contributed by atoms with van der Waals surface area (Å²) < 4.78 is 0. The van der Waals surface area contributed by atoms with E-state index in [4.69, 9.17) is 0 Å². The van der Waals surface area contributed by atoms with Crippen LogP contribution in [0, 0.1) is 0 Å². The lowest BCUT2D eigenvalue weighted by atomic mass is 10.3. The number of piperazine rings is 1. The molecule has 2 aromatic heterocycles. The van der Waals surface area contributed by atoms with Gasteiger partial charge in [-0.2, -0.15) is 5.10 Å². The quantitative estimate of drug-likeness (QED) is 0.842. The summed E-state index contributed by atoms with van der Waals surface area (Å²) in [7, 11) is 0. The van der Waals surface area contributed by atoms with Gasteiger partial charge in [-0.3, -0.25) is 9.89 Å². The van der Waals surface area contributed by atoms with E-state index in [1.807, 2.05) is 23.6 Å². The highest BCUT2D eigenvalue weighted by Crippen LogP contribution is 2.11. The first kappa shape index (κ1) is 15.3. The SMILES string of the molecule is O=C(C=Cc1cccs1)N1CCN(C(=O)Nc2cn[nH]c2)CC1. The van der Waals surface area contributed by atoms with Crippen molar-refractivity contribution in [2.75, 3.05) is 31.5 Å². The molecule has 23 heavy (non-hydrogen) atoms. The third-order valence-corrected chi connectivity index (χ3v) is 4.40. The van der Waals surface area contributed by atoms with Gasteiger partial charge < -0.3 is 15.1 Å². The summed E-state index contributed by atoms with van der Waals surface area (Å²) in [5.41, 5.74) is 0.632. The van der Waals surface area contributed by atoms with Crippen LogP contribution in [0.3, 0.4) is 0 Å². The molecule has 0 aromatic carbocycles. The van der Waals surface area contributed by atoms with Gasteiger partial charge in [0.15, 0.2) is 0 Å². The fraction of sp³-hybridized carbons (Fsp3) is 0.267. The normalized spacial score (nSPS) is 15.1. The molecule has 0 radical (unpaired) electrons. The average Bonchev–Trinajstić information content (AvgIpc) is 3.26. The second-order valence-electron chi connectivity index (χ2n) is 5.08. The minimum absolute atomic E-state index is 0.0201. The van der Waals surface area contributed by atoms with Crippen molar-refractivity contribution in [1.29, 1.82) is 0 Å². The van der Waals surface area contributed by atoms with Crippen molar-refractivity contribution < 1.29 is 9.59 Å². The molecule has 8 heteroatoms. The molecule has 0 aliphatic carbocycles. The van der Waals surface area contributed by atoms with Gasteiger partial charge in [-0.05, 0) is 17.5 Å². The number of thiophene rings is 1. The summed E-state index contributed by atoms with van der Waals surface area (Å²) in [6, 6.07) is 3.74. The first-order chi connectivity index (χ1) is 11.2. The number of anilines is 1. The number of rotatable bonds is 3. The van der Waals surface area contributed by atoms with Gasteiger partial charge in [-0.15, -0.1) is 11.3 Å². The Labute approximate surface area is 137 Å². The highest BCUT2D eigenvalue weighted by atomic mass is 32.1. The summed E-state index contributed by atoms with van der Waals surface area (Å²) in [5.74, 6) is -0.0201. The Hall–Kier alpha value is -2.61. The maximum atomic E-state index is 12.1. The van der Waals surface area contributed by atoms with E-state index in [0.717, 1.165) is 4.88 Å². The zero-order chi connectivity index (χ0) is 16.1. The Morgan fingerprint density at radius 2 is 2.04 bits per heavy atom. The zero-order valence-electron chi connectivity index (χ0n) is 12.4. The van der Waals surface area contributed by atoms with Gasteiger partial charge in [0, 0.05) is 43.3 Å². The lowest BCUT2D eigenvalue weighted by Gasteiger charge is -2.34. The molecule has 3 amide bonds. The maximum Gasteiger partial charge on any atom is 0.322 e. The highest BCUT2D eigenvalue weighted by molar-refractivity contribution is 7.10. The van der Waals surface area contributed by atoms with Crippen LogP contribution in [0.4, 0.5) is 10.5 Å². The number of hydrogen-bond donors (Lipinski definition) is 2. The predicted molar refractivity (Wildman–Crippen MR) is 89.1 cm³/mol. The molecule has 1 fully saturated rings. The van der Waals surface area contributed by atoms with E-state index in [2.05, 4.69) is 15.5 Å². The second-order valence-corrected chi connectivity index (χ2v) is 6.06. The number of aromatic nitrogens is 2. The number of carbonyl (C=O) groups is 2. The number of urea groups is 1. The van der Waals surface area contributed by atoms with Crippen LogP contribution in [-0.4, -0.2) is 58.1 Å². The van der Waals surface area contributed by atoms with Crippen LogP contribution in [-0.2, 0) is 4.79 Å². The van der Waals surface area contributed by atoms with Crippen LogP contribution in [0.25, 0.3) is 6.08 Å². The summed E-state index contributed by atoms with van der Waals surface area (Å²) >= 11 is 1.59. The molecule has 0 bridgehead atoms. The van der Waals surface area contributed by atoms with Crippen molar-refractivity contribution in [2.45, 2.75) is 0 Å².